The number of amides is 5. The van der Waals surface area contributed by atoms with Gasteiger partial charge in [0.25, 0.3) is 5.56 Å². The summed E-state index contributed by atoms with van der Waals surface area (Å²) in [5.74, 6) is -0.106. The van der Waals surface area contributed by atoms with Gasteiger partial charge in [-0.05, 0) is 38.5 Å². The first-order valence-electron chi connectivity index (χ1n) is 27.0. The highest BCUT2D eigenvalue weighted by atomic mass is 32.2. The molecule has 18 N–H and O–H groups in total. The summed E-state index contributed by atoms with van der Waals surface area (Å²) in [6.07, 6.45) is -2.05. The van der Waals surface area contributed by atoms with Crippen molar-refractivity contribution in [2.24, 2.45) is 0 Å². The number of hydrogen-bond donors (Lipinski definition) is 16. The molecule has 4 aliphatic heterocycles. The van der Waals surface area contributed by atoms with E-state index in [2.05, 4.69) is 68.5 Å². The summed E-state index contributed by atoms with van der Waals surface area (Å²) in [6.45, 7) is -1.48. The van der Waals surface area contributed by atoms with Crippen molar-refractivity contribution in [1.29, 1.82) is 0 Å². The van der Waals surface area contributed by atoms with E-state index in [1.807, 2.05) is 11.8 Å². The highest BCUT2D eigenvalue weighted by Crippen LogP contribution is 2.71. The Balaban J connectivity index is 0.744. The first-order valence-corrected chi connectivity index (χ1v) is 34.1. The number of unbranched alkanes of at least 4 members (excludes halogenated alkanes) is 5. The van der Waals surface area contributed by atoms with Crippen molar-refractivity contribution in [2.45, 2.75) is 143 Å². The number of hydrogen-bond acceptors (Lipinski definition) is 27. The van der Waals surface area contributed by atoms with E-state index in [4.69, 9.17) is 20.9 Å². The molecule has 0 spiro atoms. The second-order valence-corrected chi connectivity index (χ2v) is 27.7. The maximum atomic E-state index is 12.9. The number of aromatic nitrogens is 6. The number of anilines is 2. The second-order valence-electron chi connectivity index (χ2n) is 20.2. The number of nitrogens with one attached hydrogen (secondary N) is 6. The van der Waals surface area contributed by atoms with Crippen molar-refractivity contribution in [2.75, 3.05) is 50.1 Å². The minimum Gasteiger partial charge on any atom is -0.387 e. The Bertz CT molecular complexity index is 3290. The first kappa shape index (κ1) is 69.4. The van der Waals surface area contributed by atoms with Gasteiger partial charge in [-0.3, -0.25) is 42.3 Å². The summed E-state index contributed by atoms with van der Waals surface area (Å²) in [6, 6.07) is 0.236. The molecule has 3 aromatic heterocycles. The van der Waals surface area contributed by atoms with Crippen LogP contribution in [0.25, 0.3) is 17.2 Å². The average molecular weight is 1340 g/mol. The lowest BCUT2D eigenvalue weighted by Gasteiger charge is -2.21. The molecule has 38 nitrogen and oxygen atoms in total. The third-order valence-electron chi connectivity index (χ3n) is 13.7. The van der Waals surface area contributed by atoms with Gasteiger partial charge in [-0.25, -0.2) is 32.8 Å². The van der Waals surface area contributed by atoms with Crippen LogP contribution in [-0.4, -0.2) is 185 Å². The maximum absolute atomic E-state index is 12.9. The van der Waals surface area contributed by atoms with E-state index in [1.54, 1.807) is 0 Å². The van der Waals surface area contributed by atoms with Crippen molar-refractivity contribution in [3.63, 3.8) is 0 Å². The van der Waals surface area contributed by atoms with Crippen LogP contribution in [0.15, 0.2) is 28.2 Å². The van der Waals surface area contributed by atoms with E-state index in [9.17, 15) is 87.0 Å². The Morgan fingerprint density at radius 3 is 1.80 bits per heavy atom. The van der Waals surface area contributed by atoms with Gasteiger partial charge < -0.3 is 87.5 Å². The third-order valence-corrected chi connectivity index (χ3v) is 21.1. The summed E-state index contributed by atoms with van der Waals surface area (Å²) in [4.78, 5) is 127. The summed E-state index contributed by atoms with van der Waals surface area (Å²) in [5.41, 5.74) is 9.20. The number of H-pyrrole nitrogens is 1. The zero-order chi connectivity index (χ0) is 63.4. The van der Waals surface area contributed by atoms with E-state index in [-0.39, 0.29) is 77.3 Å². The Labute approximate surface area is 497 Å². The molecule has 5 amide bonds. The number of urea groups is 1. The predicted octanol–water partition coefficient (Wildman–Crippen LogP) is -1.53. The number of carbonyl (C=O) groups is 4. The number of phosphoric acid groups is 4. The molecule has 4 saturated heterocycles. The van der Waals surface area contributed by atoms with E-state index in [0.29, 0.717) is 61.4 Å². The number of imidazole rings is 1. The zero-order valence-electron chi connectivity index (χ0n) is 46.0. The molecule has 486 valence electrons. The fourth-order valence-corrected chi connectivity index (χ4v) is 16.0. The Morgan fingerprint density at radius 1 is 0.701 bits per heavy atom. The molecular weight excluding hydrogens is 1270 g/mol. The number of aliphatic hydroxyl groups excluding tert-OH is 4. The molecule has 7 rings (SSSR count). The summed E-state index contributed by atoms with van der Waals surface area (Å²) in [7, 11) is -24.5. The van der Waals surface area contributed by atoms with Crippen LogP contribution in [0.3, 0.4) is 0 Å². The highest BCUT2D eigenvalue weighted by molar-refractivity contribution is 8.00. The van der Waals surface area contributed by atoms with E-state index in [0.717, 1.165) is 54.9 Å². The smallest absolute Gasteiger partial charge is 0.387 e. The number of nitrogen functional groups attached to an aromatic ring is 2. The number of nitrogens with zero attached hydrogens (tertiary/aromatic N) is 5. The Kier molecular flexibility index (Phi) is 24.4. The molecule has 3 aromatic rings. The SMILES string of the molecule is Nc1nc2c(ncn2[C@@H]2O[C@H](COP(=O)(O)OP(=O)(O)OP(=O)(O)OP(=O)(O)OC[C@H]3O[C@@H](n4cc(/C=C/CNC(=O)CCCCCNC(=O)CCCCCNC(=O)CCCC[C@H]5SC[C@H]6NC(=O)N[C@H]65)c(N)nc4=O)C(O)C3O)C(O)C2O)c(=O)[nH]1. The van der Waals surface area contributed by atoms with Crippen LogP contribution in [0.1, 0.15) is 95.1 Å². The standard InChI is InChI=1S/C44H69N13O25P4S/c45-37-23(10-9-17-49-29(59)13-4-2-7-15-47-28(58)12-3-1-8-16-48-30(60)14-6-5-11-27-31-24(21-87-27)51-43(66)52-31)18-56(44(67)53-37)40-35(63)33(61)25(78-40)19-76-83(68,69)80-85(72,73)82-86(74,75)81-84(70,71)77-20-26-34(62)36(64)41(79-26)57-22-50-32-38(57)54-42(46)55-39(32)65/h9-10,18,22,24-27,31,33-36,40-41,61-64H,1-8,11-17,19-21H2,(H,47,58)(H,48,60)(H,49,59)(H,68,69)(H,70,71)(H,72,73)(H,74,75)(H2,45,53,67)(H2,51,52,66)(H3,46,54,55,65)/b10-9+/t24-,25-,26-,27-,31-,33?,34?,35?,36?,40-,41-/m1/s1. The van der Waals surface area contributed by atoms with Crippen molar-refractivity contribution in [3.8, 4) is 0 Å². The van der Waals surface area contributed by atoms with Gasteiger partial charge in [0, 0.05) is 61.7 Å². The van der Waals surface area contributed by atoms with Crippen molar-refractivity contribution < 1.29 is 109 Å². The molecule has 0 saturated carbocycles. The molecule has 7 heterocycles. The van der Waals surface area contributed by atoms with Gasteiger partial charge in [-0.15, -0.1) is 0 Å². The van der Waals surface area contributed by atoms with Crippen LogP contribution >= 0.6 is 43.1 Å². The van der Waals surface area contributed by atoms with Crippen LogP contribution in [0.4, 0.5) is 16.6 Å². The number of thioether (sulfide) groups is 1. The third kappa shape index (κ3) is 20.0. The van der Waals surface area contributed by atoms with Crippen molar-refractivity contribution in [1.82, 2.24) is 55.7 Å². The van der Waals surface area contributed by atoms with Crippen LogP contribution in [-0.2, 0) is 64.1 Å². The van der Waals surface area contributed by atoms with Gasteiger partial charge in [-0.2, -0.15) is 34.7 Å². The highest BCUT2D eigenvalue weighted by Gasteiger charge is 2.50. The minimum atomic E-state index is -6.33. The zero-order valence-corrected chi connectivity index (χ0v) is 50.4. The van der Waals surface area contributed by atoms with Gasteiger partial charge in [0.05, 0.1) is 31.6 Å². The van der Waals surface area contributed by atoms with Gasteiger partial charge in [0.15, 0.2) is 23.6 Å². The summed E-state index contributed by atoms with van der Waals surface area (Å²) < 4.78 is 83.7. The molecule has 87 heavy (non-hydrogen) atoms. The second kappa shape index (κ2) is 30.6. The molecule has 4 aliphatic rings. The predicted molar refractivity (Wildman–Crippen MR) is 301 cm³/mol. The number of phosphoric ester groups is 2. The first-order chi connectivity index (χ1) is 41.0. The lowest BCUT2D eigenvalue weighted by molar-refractivity contribution is -0.122. The molecule has 8 unspecified atom stereocenters. The van der Waals surface area contributed by atoms with E-state index < -0.39 is 105 Å². The monoisotopic (exact) mass is 1340 g/mol. The molecular formula is C44H69N13O25P4S. The quantitative estimate of drug-likeness (QED) is 0.0183. The summed E-state index contributed by atoms with van der Waals surface area (Å²) >= 11 is 1.85. The van der Waals surface area contributed by atoms with E-state index >= 15 is 0 Å². The van der Waals surface area contributed by atoms with Crippen LogP contribution in [0.5, 0.6) is 0 Å². The molecule has 0 aromatic carbocycles. The Hall–Kier alpha value is -5.08. The minimum absolute atomic E-state index is 0.00166. The van der Waals surface area contributed by atoms with Gasteiger partial charge in [0.1, 0.15) is 42.4 Å². The van der Waals surface area contributed by atoms with E-state index in [1.165, 1.54) is 12.2 Å². The van der Waals surface area contributed by atoms with Crippen LogP contribution in [0.2, 0.25) is 0 Å². The Morgan fingerprint density at radius 2 is 1.23 bits per heavy atom. The lowest BCUT2D eigenvalue weighted by atomic mass is 10.0. The fourth-order valence-electron chi connectivity index (χ4n) is 9.46. The number of aliphatic hydroxyl groups is 4. The summed E-state index contributed by atoms with van der Waals surface area (Å²) in [5, 5.41) is 57.3. The van der Waals surface area contributed by atoms with Crippen molar-refractivity contribution in [3.05, 3.63) is 45.0 Å². The normalized spacial score (nSPS) is 27.2. The van der Waals surface area contributed by atoms with Crippen molar-refractivity contribution >= 4 is 95.8 Å². The number of rotatable bonds is 34. The number of nitrogens with two attached hydrogens (primary N) is 2. The molecule has 0 bridgehead atoms. The molecule has 15 atom stereocenters. The molecule has 0 aliphatic carbocycles. The van der Waals surface area contributed by atoms with Gasteiger partial charge >= 0.3 is 43.0 Å². The number of carbonyl (C=O) groups excluding carboxylic acids is 4. The average Bonchev–Trinajstić information content (AvgIpc) is 2.16. The molecule has 4 fully saturated rings. The topological polar surface area (TPSA) is 574 Å². The number of aromatic amines is 1. The lowest BCUT2D eigenvalue weighted by Crippen LogP contribution is -2.36. The van der Waals surface area contributed by atoms with Gasteiger partial charge in [0.2, 0.25) is 23.7 Å². The van der Waals surface area contributed by atoms with Gasteiger partial charge in [-0.1, -0.05) is 31.4 Å². The maximum Gasteiger partial charge on any atom is 0.490 e. The number of ether oxygens (including phenoxy) is 2. The van der Waals surface area contributed by atoms with Crippen LogP contribution in [0, 0.1) is 0 Å². The number of fused-ring (bicyclic) bond motifs is 2. The fraction of sp³-hybridized carbons (Fsp3) is 0.659. The molecule has 0 radical (unpaired) electrons. The van der Waals surface area contributed by atoms with Crippen LogP contribution < -0.4 is 49.3 Å². The molecule has 43 heteroatoms. The largest absolute Gasteiger partial charge is 0.490 e.